The third-order valence-electron chi connectivity index (χ3n) is 3.90. The predicted octanol–water partition coefficient (Wildman–Crippen LogP) is 4.40. The first-order valence-electron chi connectivity index (χ1n) is 6.98. The third-order valence-corrected chi connectivity index (χ3v) is 5.04. The van der Waals surface area contributed by atoms with Crippen LogP contribution in [0.25, 0.3) is 10.1 Å². The number of benzene rings is 1. The van der Waals surface area contributed by atoms with Gasteiger partial charge in [0.1, 0.15) is 5.82 Å². The minimum absolute atomic E-state index is 0.0131. The average molecular weight is 291 g/mol. The minimum Gasteiger partial charge on any atom is -0.338 e. The summed E-state index contributed by atoms with van der Waals surface area (Å²) in [5.74, 6) is -0.00962. The van der Waals surface area contributed by atoms with Gasteiger partial charge in [-0.3, -0.25) is 4.79 Å². The molecule has 4 heteroatoms. The van der Waals surface area contributed by atoms with Crippen LogP contribution in [0.1, 0.15) is 47.8 Å². The molecule has 0 aliphatic heterocycles. The first kappa shape index (κ1) is 13.6. The van der Waals surface area contributed by atoms with E-state index in [1.165, 1.54) is 11.3 Å². The van der Waals surface area contributed by atoms with Gasteiger partial charge in [-0.05, 0) is 35.8 Å². The second-order valence-electron chi connectivity index (χ2n) is 5.80. The number of amides is 1. The molecule has 2 aromatic rings. The highest BCUT2D eigenvalue weighted by Crippen LogP contribution is 2.34. The van der Waals surface area contributed by atoms with Gasteiger partial charge in [-0.25, -0.2) is 4.39 Å². The molecule has 0 radical (unpaired) electrons. The SMILES string of the molecule is CC(C)c1ccc2cc(C(=O)N(C)C3CC3)sc2c1F. The molecular weight excluding hydrogens is 273 g/mol. The van der Waals surface area contributed by atoms with Crippen molar-refractivity contribution in [2.24, 2.45) is 0 Å². The van der Waals surface area contributed by atoms with Gasteiger partial charge in [-0.15, -0.1) is 11.3 Å². The highest BCUT2D eigenvalue weighted by molar-refractivity contribution is 7.20. The molecule has 1 fully saturated rings. The van der Waals surface area contributed by atoms with Crippen LogP contribution < -0.4 is 0 Å². The lowest BCUT2D eigenvalue weighted by molar-refractivity contribution is 0.0790. The van der Waals surface area contributed by atoms with Gasteiger partial charge in [0.05, 0.1) is 9.58 Å². The second kappa shape index (κ2) is 4.85. The summed E-state index contributed by atoms with van der Waals surface area (Å²) in [5, 5.41) is 0.824. The zero-order valence-electron chi connectivity index (χ0n) is 11.9. The van der Waals surface area contributed by atoms with E-state index >= 15 is 0 Å². The maximum absolute atomic E-state index is 14.5. The molecule has 0 N–H and O–H groups in total. The lowest BCUT2D eigenvalue weighted by Crippen LogP contribution is -2.27. The number of carbonyl (C=O) groups is 1. The van der Waals surface area contributed by atoms with Crippen LogP contribution in [-0.2, 0) is 0 Å². The number of thiophene rings is 1. The Morgan fingerprint density at radius 2 is 2.10 bits per heavy atom. The van der Waals surface area contributed by atoms with Crippen molar-refractivity contribution in [3.8, 4) is 0 Å². The quantitative estimate of drug-likeness (QED) is 0.821. The standard InChI is InChI=1S/C16H18FNOS/c1-9(2)12-7-4-10-8-13(20-15(10)14(12)17)16(19)18(3)11-5-6-11/h4,7-9,11H,5-6H2,1-3H3. The number of hydrogen-bond donors (Lipinski definition) is 0. The Labute approximate surface area is 122 Å². The maximum Gasteiger partial charge on any atom is 0.263 e. The molecule has 0 spiro atoms. The zero-order chi connectivity index (χ0) is 14.4. The van der Waals surface area contributed by atoms with Crippen molar-refractivity contribution < 1.29 is 9.18 Å². The predicted molar refractivity (Wildman–Crippen MR) is 81.0 cm³/mol. The lowest BCUT2D eigenvalue weighted by atomic mass is 10.0. The molecule has 1 aromatic heterocycles. The summed E-state index contributed by atoms with van der Waals surface area (Å²) in [5.41, 5.74) is 0.717. The summed E-state index contributed by atoms with van der Waals surface area (Å²) in [6, 6.07) is 5.93. The molecule has 1 aromatic carbocycles. The summed E-state index contributed by atoms with van der Waals surface area (Å²) in [6.45, 7) is 3.95. The fourth-order valence-corrected chi connectivity index (χ4v) is 3.53. The van der Waals surface area contributed by atoms with Gasteiger partial charge in [0.2, 0.25) is 0 Å². The fourth-order valence-electron chi connectivity index (χ4n) is 2.44. The summed E-state index contributed by atoms with van der Waals surface area (Å²) in [7, 11) is 1.83. The molecule has 1 amide bonds. The monoisotopic (exact) mass is 291 g/mol. The number of hydrogen-bond acceptors (Lipinski definition) is 2. The molecule has 0 bridgehead atoms. The molecule has 106 valence electrons. The van der Waals surface area contributed by atoms with Crippen molar-refractivity contribution in [1.29, 1.82) is 0 Å². The molecule has 0 saturated heterocycles. The van der Waals surface area contributed by atoms with Crippen LogP contribution in [0.4, 0.5) is 4.39 Å². The number of nitrogens with zero attached hydrogens (tertiary/aromatic N) is 1. The van der Waals surface area contributed by atoms with E-state index in [0.29, 0.717) is 21.2 Å². The summed E-state index contributed by atoms with van der Waals surface area (Å²) in [6.07, 6.45) is 2.16. The van der Waals surface area contributed by atoms with Crippen LogP contribution in [0.15, 0.2) is 18.2 Å². The molecule has 0 atom stereocenters. The van der Waals surface area contributed by atoms with E-state index in [0.717, 1.165) is 18.2 Å². The number of carbonyl (C=O) groups excluding carboxylic acids is 1. The van der Waals surface area contributed by atoms with Gasteiger partial charge in [-0.2, -0.15) is 0 Å². The van der Waals surface area contributed by atoms with E-state index < -0.39 is 0 Å². The number of rotatable bonds is 3. The molecule has 1 saturated carbocycles. The van der Waals surface area contributed by atoms with E-state index in [1.807, 2.05) is 39.1 Å². The van der Waals surface area contributed by atoms with E-state index in [-0.39, 0.29) is 17.6 Å². The van der Waals surface area contributed by atoms with Crippen LogP contribution in [0.5, 0.6) is 0 Å². The molecular formula is C16H18FNOS. The first-order valence-corrected chi connectivity index (χ1v) is 7.79. The number of halogens is 1. The molecule has 2 nitrogen and oxygen atoms in total. The maximum atomic E-state index is 14.5. The largest absolute Gasteiger partial charge is 0.338 e. The Balaban J connectivity index is 2.02. The highest BCUT2D eigenvalue weighted by atomic mass is 32.1. The van der Waals surface area contributed by atoms with Gasteiger partial charge < -0.3 is 4.90 Å². The van der Waals surface area contributed by atoms with Crippen molar-refractivity contribution in [1.82, 2.24) is 4.90 Å². The van der Waals surface area contributed by atoms with Crippen LogP contribution >= 0.6 is 11.3 Å². The Bertz CT molecular complexity index is 672. The van der Waals surface area contributed by atoms with Crippen molar-refractivity contribution in [3.63, 3.8) is 0 Å². The van der Waals surface area contributed by atoms with E-state index in [9.17, 15) is 9.18 Å². The molecule has 1 heterocycles. The van der Waals surface area contributed by atoms with Crippen LogP contribution in [0.2, 0.25) is 0 Å². The van der Waals surface area contributed by atoms with Crippen LogP contribution in [-0.4, -0.2) is 23.9 Å². The van der Waals surface area contributed by atoms with Gasteiger partial charge in [0.25, 0.3) is 5.91 Å². The first-order chi connectivity index (χ1) is 9.49. The minimum atomic E-state index is -0.171. The Morgan fingerprint density at radius 1 is 1.40 bits per heavy atom. The normalized spacial score (nSPS) is 15.1. The van der Waals surface area contributed by atoms with Crippen molar-refractivity contribution >= 4 is 27.3 Å². The van der Waals surface area contributed by atoms with E-state index in [2.05, 4.69) is 0 Å². The van der Waals surface area contributed by atoms with Crippen molar-refractivity contribution in [2.45, 2.75) is 38.6 Å². The second-order valence-corrected chi connectivity index (χ2v) is 6.85. The lowest BCUT2D eigenvalue weighted by Gasteiger charge is -2.14. The van der Waals surface area contributed by atoms with E-state index in [4.69, 9.17) is 0 Å². The Kier molecular flexibility index (Phi) is 3.28. The van der Waals surface area contributed by atoms with Crippen molar-refractivity contribution in [2.75, 3.05) is 7.05 Å². The molecule has 20 heavy (non-hydrogen) atoms. The molecule has 1 aliphatic rings. The Hall–Kier alpha value is -1.42. The Morgan fingerprint density at radius 3 is 2.70 bits per heavy atom. The topological polar surface area (TPSA) is 20.3 Å². The fraction of sp³-hybridized carbons (Fsp3) is 0.438. The molecule has 3 rings (SSSR count). The highest BCUT2D eigenvalue weighted by Gasteiger charge is 2.31. The van der Waals surface area contributed by atoms with Crippen LogP contribution in [0, 0.1) is 5.82 Å². The van der Waals surface area contributed by atoms with Gasteiger partial charge >= 0.3 is 0 Å². The number of fused-ring (bicyclic) bond motifs is 1. The molecule has 1 aliphatic carbocycles. The summed E-state index contributed by atoms with van der Waals surface area (Å²) < 4.78 is 15.1. The van der Waals surface area contributed by atoms with Crippen molar-refractivity contribution in [3.05, 3.63) is 34.5 Å². The van der Waals surface area contributed by atoms with Crippen LogP contribution in [0.3, 0.4) is 0 Å². The van der Waals surface area contributed by atoms with Gasteiger partial charge in [-0.1, -0.05) is 26.0 Å². The summed E-state index contributed by atoms with van der Waals surface area (Å²) >= 11 is 1.27. The van der Waals surface area contributed by atoms with Gasteiger partial charge in [0, 0.05) is 13.1 Å². The smallest absolute Gasteiger partial charge is 0.263 e. The van der Waals surface area contributed by atoms with Gasteiger partial charge in [0.15, 0.2) is 0 Å². The zero-order valence-corrected chi connectivity index (χ0v) is 12.8. The van der Waals surface area contributed by atoms with E-state index in [1.54, 1.807) is 4.90 Å². The third kappa shape index (κ3) is 2.22. The average Bonchev–Trinajstić information content (AvgIpc) is 3.16. The molecule has 0 unspecified atom stereocenters. The summed E-state index contributed by atoms with van der Waals surface area (Å²) in [4.78, 5) is 14.8.